The summed E-state index contributed by atoms with van der Waals surface area (Å²) >= 11 is 0. The summed E-state index contributed by atoms with van der Waals surface area (Å²) in [6.45, 7) is 7.85. The van der Waals surface area contributed by atoms with Crippen molar-refractivity contribution in [2.24, 2.45) is 0 Å². The monoisotopic (exact) mass is 469 g/mol. The number of hydrogen-bond acceptors (Lipinski definition) is 9. The van der Waals surface area contributed by atoms with Crippen LogP contribution in [0.15, 0.2) is 34.7 Å². The standard InChI is InChI=1S/C24H27N3O7/c1-4-29-19-13-16(14-20(30-5-2)22(19)31-6-3)23(28)25-24-27-26-21(34-24)12-15-7-8-17-18(11-15)33-10-9-32-17/h7-8,11,13-14H,4-6,9-10,12H2,1-3H3,(H,25,27,28). The first-order valence-electron chi connectivity index (χ1n) is 11.2. The summed E-state index contributed by atoms with van der Waals surface area (Å²) in [6, 6.07) is 8.81. The molecule has 0 radical (unpaired) electrons. The van der Waals surface area contributed by atoms with Crippen LogP contribution in [0.5, 0.6) is 28.7 Å². The van der Waals surface area contributed by atoms with Gasteiger partial charge in [-0.1, -0.05) is 11.2 Å². The van der Waals surface area contributed by atoms with Crippen LogP contribution in [0.2, 0.25) is 0 Å². The summed E-state index contributed by atoms with van der Waals surface area (Å²) < 4.78 is 33.8. The maximum atomic E-state index is 12.9. The van der Waals surface area contributed by atoms with Crippen molar-refractivity contribution in [1.29, 1.82) is 0 Å². The van der Waals surface area contributed by atoms with E-state index in [-0.39, 0.29) is 6.01 Å². The molecule has 10 nitrogen and oxygen atoms in total. The number of nitrogens with one attached hydrogen (secondary N) is 1. The number of benzene rings is 2. The summed E-state index contributed by atoms with van der Waals surface area (Å²) in [5, 5.41) is 10.6. The SMILES string of the molecule is CCOc1cc(C(=O)Nc2nnc(Cc3ccc4c(c3)OCCO4)o2)cc(OCC)c1OCC. The van der Waals surface area contributed by atoms with E-state index in [2.05, 4.69) is 15.5 Å². The van der Waals surface area contributed by atoms with E-state index in [0.717, 1.165) is 5.56 Å². The molecule has 0 bridgehead atoms. The Morgan fingerprint density at radius 1 is 0.912 bits per heavy atom. The van der Waals surface area contributed by atoms with Crippen molar-refractivity contribution in [2.75, 3.05) is 38.4 Å². The molecular weight excluding hydrogens is 442 g/mol. The molecule has 1 aliphatic rings. The highest BCUT2D eigenvalue weighted by molar-refractivity contribution is 6.04. The Morgan fingerprint density at radius 2 is 1.59 bits per heavy atom. The van der Waals surface area contributed by atoms with Crippen LogP contribution in [0, 0.1) is 0 Å². The van der Waals surface area contributed by atoms with Gasteiger partial charge in [-0.05, 0) is 50.6 Å². The molecule has 1 amide bonds. The first kappa shape index (κ1) is 23.2. The molecule has 0 saturated heterocycles. The van der Waals surface area contributed by atoms with Gasteiger partial charge in [0.1, 0.15) is 13.2 Å². The third kappa shape index (κ3) is 5.33. The van der Waals surface area contributed by atoms with Crippen LogP contribution in [0.25, 0.3) is 0 Å². The lowest BCUT2D eigenvalue weighted by Gasteiger charge is -2.18. The molecular formula is C24H27N3O7. The van der Waals surface area contributed by atoms with Gasteiger partial charge in [0.25, 0.3) is 5.91 Å². The normalized spacial score (nSPS) is 12.2. The zero-order chi connectivity index (χ0) is 23.9. The number of nitrogens with zero attached hydrogens (tertiary/aromatic N) is 2. The molecule has 0 spiro atoms. The van der Waals surface area contributed by atoms with Crippen LogP contribution >= 0.6 is 0 Å². The Morgan fingerprint density at radius 3 is 2.26 bits per heavy atom. The van der Waals surface area contributed by atoms with Crippen LogP contribution in [0.1, 0.15) is 42.6 Å². The predicted octanol–water partition coefficient (Wildman–Crippen LogP) is 3.88. The molecule has 0 saturated carbocycles. The first-order valence-corrected chi connectivity index (χ1v) is 11.2. The third-order valence-electron chi connectivity index (χ3n) is 4.82. The maximum Gasteiger partial charge on any atom is 0.322 e. The van der Waals surface area contributed by atoms with E-state index >= 15 is 0 Å². The van der Waals surface area contributed by atoms with Gasteiger partial charge >= 0.3 is 6.01 Å². The minimum absolute atomic E-state index is 0.0117. The predicted molar refractivity (Wildman–Crippen MR) is 122 cm³/mol. The van der Waals surface area contributed by atoms with Crippen LogP contribution in [-0.4, -0.2) is 49.1 Å². The lowest BCUT2D eigenvalue weighted by Crippen LogP contribution is -2.15. The van der Waals surface area contributed by atoms with Crippen molar-refractivity contribution in [3.05, 3.63) is 47.3 Å². The Labute approximate surface area is 197 Å². The van der Waals surface area contributed by atoms with Crippen LogP contribution in [0.4, 0.5) is 6.01 Å². The van der Waals surface area contributed by atoms with Gasteiger partial charge in [0.15, 0.2) is 23.0 Å². The fraction of sp³-hybridized carbons (Fsp3) is 0.375. The van der Waals surface area contributed by atoms with E-state index in [1.54, 1.807) is 12.1 Å². The lowest BCUT2D eigenvalue weighted by atomic mass is 10.1. The minimum atomic E-state index is -0.445. The number of anilines is 1. The maximum absolute atomic E-state index is 12.9. The number of fused-ring (bicyclic) bond motifs is 1. The molecule has 1 N–H and O–H groups in total. The number of carbonyl (C=O) groups is 1. The average Bonchev–Trinajstić information content (AvgIpc) is 3.27. The highest BCUT2D eigenvalue weighted by Crippen LogP contribution is 2.39. The Bertz CT molecular complexity index is 1120. The molecule has 1 aliphatic heterocycles. The van der Waals surface area contributed by atoms with E-state index in [4.69, 9.17) is 28.1 Å². The number of hydrogen-bond donors (Lipinski definition) is 1. The van der Waals surface area contributed by atoms with E-state index in [0.29, 0.717) is 79.7 Å². The first-order chi connectivity index (χ1) is 16.6. The van der Waals surface area contributed by atoms with Crippen molar-refractivity contribution < 1.29 is 32.9 Å². The van der Waals surface area contributed by atoms with E-state index in [1.165, 1.54) is 0 Å². The molecule has 180 valence electrons. The Balaban J connectivity index is 1.49. The second kappa shape index (κ2) is 10.8. The lowest BCUT2D eigenvalue weighted by molar-refractivity contribution is 0.102. The van der Waals surface area contributed by atoms with Crippen molar-refractivity contribution in [3.8, 4) is 28.7 Å². The van der Waals surface area contributed by atoms with Crippen LogP contribution in [0.3, 0.4) is 0 Å². The van der Waals surface area contributed by atoms with E-state index < -0.39 is 5.91 Å². The van der Waals surface area contributed by atoms with Gasteiger partial charge in [0.05, 0.1) is 26.2 Å². The van der Waals surface area contributed by atoms with E-state index in [9.17, 15) is 4.79 Å². The highest BCUT2D eigenvalue weighted by atomic mass is 16.6. The largest absolute Gasteiger partial charge is 0.490 e. The molecule has 10 heteroatoms. The summed E-state index contributed by atoms with van der Waals surface area (Å²) in [4.78, 5) is 12.9. The van der Waals surface area contributed by atoms with Crippen molar-refractivity contribution in [1.82, 2.24) is 10.2 Å². The van der Waals surface area contributed by atoms with Crippen molar-refractivity contribution in [3.63, 3.8) is 0 Å². The van der Waals surface area contributed by atoms with Gasteiger partial charge in [-0.15, -0.1) is 5.10 Å². The number of ether oxygens (including phenoxy) is 5. The topological polar surface area (TPSA) is 114 Å². The smallest absolute Gasteiger partial charge is 0.322 e. The molecule has 0 fully saturated rings. The highest BCUT2D eigenvalue weighted by Gasteiger charge is 2.20. The molecule has 4 rings (SSSR count). The van der Waals surface area contributed by atoms with Gasteiger partial charge in [-0.25, -0.2) is 0 Å². The van der Waals surface area contributed by atoms with Gasteiger partial charge in [-0.2, -0.15) is 0 Å². The zero-order valence-corrected chi connectivity index (χ0v) is 19.4. The van der Waals surface area contributed by atoms with Gasteiger partial charge in [-0.3, -0.25) is 10.1 Å². The molecule has 2 heterocycles. The number of aromatic nitrogens is 2. The van der Waals surface area contributed by atoms with Gasteiger partial charge in [0, 0.05) is 5.56 Å². The molecule has 0 atom stereocenters. The minimum Gasteiger partial charge on any atom is -0.490 e. The Hall–Kier alpha value is -3.95. The second-order valence-electron chi connectivity index (χ2n) is 7.21. The summed E-state index contributed by atoms with van der Waals surface area (Å²) in [5.74, 6) is 2.60. The van der Waals surface area contributed by atoms with Gasteiger partial charge in [0.2, 0.25) is 11.6 Å². The average molecular weight is 469 g/mol. The number of amides is 1. The number of rotatable bonds is 10. The van der Waals surface area contributed by atoms with Gasteiger partial charge < -0.3 is 28.1 Å². The quantitative estimate of drug-likeness (QED) is 0.472. The zero-order valence-electron chi connectivity index (χ0n) is 19.4. The van der Waals surface area contributed by atoms with E-state index in [1.807, 2.05) is 39.0 Å². The summed E-state index contributed by atoms with van der Waals surface area (Å²) in [7, 11) is 0. The van der Waals surface area contributed by atoms with Crippen LogP contribution < -0.4 is 29.0 Å². The molecule has 0 unspecified atom stereocenters. The van der Waals surface area contributed by atoms with Crippen molar-refractivity contribution in [2.45, 2.75) is 27.2 Å². The molecule has 3 aromatic rings. The fourth-order valence-electron chi connectivity index (χ4n) is 3.44. The number of carbonyl (C=O) groups excluding carboxylic acids is 1. The second-order valence-corrected chi connectivity index (χ2v) is 7.21. The van der Waals surface area contributed by atoms with Crippen molar-refractivity contribution >= 4 is 11.9 Å². The van der Waals surface area contributed by atoms with Crippen LogP contribution in [-0.2, 0) is 6.42 Å². The molecule has 0 aliphatic carbocycles. The molecule has 1 aromatic heterocycles. The Kier molecular flexibility index (Phi) is 7.36. The summed E-state index contributed by atoms with van der Waals surface area (Å²) in [5.41, 5.74) is 1.22. The molecule has 2 aromatic carbocycles. The summed E-state index contributed by atoms with van der Waals surface area (Å²) in [6.07, 6.45) is 0.380. The third-order valence-corrected chi connectivity index (χ3v) is 4.82. The molecule has 34 heavy (non-hydrogen) atoms. The fourth-order valence-corrected chi connectivity index (χ4v) is 3.44.